The van der Waals surface area contributed by atoms with E-state index in [1.807, 2.05) is 54.6 Å². The van der Waals surface area contributed by atoms with Crippen LogP contribution < -0.4 is 0 Å². The quantitative estimate of drug-likeness (QED) is 0.167. The second-order valence-electron chi connectivity index (χ2n) is 12.5. The minimum atomic E-state index is -0.924. The summed E-state index contributed by atoms with van der Waals surface area (Å²) in [5.74, 6) is 0. The molecule has 1 aromatic heterocycles. The molecule has 0 N–H and O–H groups in total. The molecule has 0 amide bonds. The molecule has 0 fully saturated rings. The first kappa shape index (κ1) is 16.6. The lowest BCUT2D eigenvalue weighted by Gasteiger charge is -2.20. The van der Waals surface area contributed by atoms with Crippen molar-refractivity contribution in [3.8, 4) is 44.5 Å². The molecule has 0 atom stereocenters. The molecule has 0 aliphatic heterocycles. The van der Waals surface area contributed by atoms with Gasteiger partial charge in [0, 0.05) is 10.8 Å². The van der Waals surface area contributed by atoms with Gasteiger partial charge in [0.05, 0.1) is 26.0 Å². The van der Waals surface area contributed by atoms with Crippen LogP contribution in [0.3, 0.4) is 0 Å². The van der Waals surface area contributed by atoms with Crippen molar-refractivity contribution in [1.82, 2.24) is 0 Å². The second kappa shape index (κ2) is 11.8. The van der Waals surface area contributed by atoms with Crippen LogP contribution in [-0.4, -0.2) is 0 Å². The molecule has 0 saturated carbocycles. The first-order valence-electron chi connectivity index (χ1n) is 26.2. The number of hydrogen-bond acceptors (Lipinski definition) is 1. The van der Waals surface area contributed by atoms with Crippen LogP contribution in [0.15, 0.2) is 198 Å². The molecule has 1 nitrogen and oxygen atoms in total. The number of hydrogen-bond donors (Lipinski definition) is 0. The molecule has 0 radical (unpaired) electrons. The highest BCUT2D eigenvalue weighted by atomic mass is 16.3. The van der Waals surface area contributed by atoms with Crippen LogP contribution in [0.1, 0.15) is 26.0 Å². The zero-order valence-corrected chi connectivity index (χ0v) is 27.4. The van der Waals surface area contributed by atoms with E-state index in [4.69, 9.17) is 20.9 Å². The van der Waals surface area contributed by atoms with E-state index in [0.717, 1.165) is 21.9 Å². The summed E-state index contributed by atoms with van der Waals surface area (Å²) in [6.45, 7) is 0. The highest BCUT2D eigenvalue weighted by molar-refractivity contribution is 6.24. The highest BCUT2D eigenvalue weighted by Gasteiger charge is 2.19. The summed E-state index contributed by atoms with van der Waals surface area (Å²) < 4.78 is 179. The Morgan fingerprint density at radius 2 is 0.925 bits per heavy atom. The van der Waals surface area contributed by atoms with Crippen molar-refractivity contribution in [2.45, 2.75) is 0 Å². The zero-order valence-electron chi connectivity index (χ0n) is 46.4. The van der Waals surface area contributed by atoms with E-state index in [1.165, 1.54) is 0 Å². The Hall–Kier alpha value is -6.96. The van der Waals surface area contributed by atoms with Crippen molar-refractivity contribution in [3.05, 3.63) is 194 Å². The molecule has 0 aliphatic carbocycles. The highest BCUT2D eigenvalue weighted by Crippen LogP contribution is 2.47. The van der Waals surface area contributed by atoms with Crippen molar-refractivity contribution in [1.29, 1.82) is 0 Å². The van der Waals surface area contributed by atoms with Crippen molar-refractivity contribution in [3.63, 3.8) is 0 Å². The third-order valence-corrected chi connectivity index (χ3v) is 9.63. The molecule has 11 aromatic rings. The van der Waals surface area contributed by atoms with E-state index in [-0.39, 0.29) is 16.3 Å². The minimum Gasteiger partial charge on any atom is -0.456 e. The zero-order chi connectivity index (χ0) is 51.4. The summed E-state index contributed by atoms with van der Waals surface area (Å²) in [4.78, 5) is 0. The van der Waals surface area contributed by atoms with E-state index < -0.39 is 159 Å². The average molecular weight is 692 g/mol. The fourth-order valence-corrected chi connectivity index (χ4v) is 7.31. The van der Waals surface area contributed by atoms with Crippen LogP contribution >= 0.6 is 0 Å². The molecule has 0 unspecified atom stereocenters. The van der Waals surface area contributed by atoms with Gasteiger partial charge in [0.15, 0.2) is 0 Å². The fraction of sp³-hybridized carbons (Fsp3) is 0. The van der Waals surface area contributed by atoms with Gasteiger partial charge in [-0.2, -0.15) is 0 Å². The normalized spacial score (nSPS) is 16.8. The smallest absolute Gasteiger partial charge is 0.135 e. The molecule has 0 spiro atoms. The minimum absolute atomic E-state index is 0.0346. The molecule has 10 aromatic carbocycles. The van der Waals surface area contributed by atoms with Gasteiger partial charge in [0.25, 0.3) is 0 Å². The molecular formula is C52H32O. The summed E-state index contributed by atoms with van der Waals surface area (Å²) in [6.07, 6.45) is 0. The van der Waals surface area contributed by atoms with Crippen LogP contribution in [0.5, 0.6) is 0 Å². The molecule has 11 rings (SSSR count). The van der Waals surface area contributed by atoms with Crippen LogP contribution in [0, 0.1) is 0 Å². The van der Waals surface area contributed by atoms with Crippen LogP contribution in [0.4, 0.5) is 0 Å². The number of benzene rings is 10. The fourth-order valence-electron chi connectivity index (χ4n) is 7.31. The van der Waals surface area contributed by atoms with Gasteiger partial charge in [-0.1, -0.05) is 163 Å². The lowest BCUT2D eigenvalue weighted by molar-refractivity contribution is 0.669. The van der Waals surface area contributed by atoms with Gasteiger partial charge < -0.3 is 4.42 Å². The summed E-state index contributed by atoms with van der Waals surface area (Å²) >= 11 is 0. The Balaban J connectivity index is 1.31. The number of rotatable bonds is 4. The molecule has 0 bridgehead atoms. The Labute approximate surface area is 333 Å². The third-order valence-electron chi connectivity index (χ3n) is 9.63. The summed E-state index contributed by atoms with van der Waals surface area (Å²) in [5.41, 5.74) is 0.641. The third kappa shape index (κ3) is 4.71. The second-order valence-corrected chi connectivity index (χ2v) is 12.5. The van der Waals surface area contributed by atoms with Crippen molar-refractivity contribution < 1.29 is 30.5 Å². The van der Waals surface area contributed by atoms with Gasteiger partial charge in [0.2, 0.25) is 0 Å². The number of para-hydroxylation sites is 1. The molecule has 0 aliphatic rings. The summed E-state index contributed by atoms with van der Waals surface area (Å²) in [5, 5.41) is 0.605. The van der Waals surface area contributed by atoms with Crippen molar-refractivity contribution in [2.75, 3.05) is 0 Å². The first-order valence-corrected chi connectivity index (χ1v) is 16.7. The Morgan fingerprint density at radius 1 is 0.340 bits per heavy atom. The SMILES string of the molecule is [2H]c1c([2H])c(-c2c([2H])c([2H])c3c([2H])c([2H])c([2H])c([2H])c3c2[2H])c([2H])c(-c2c3c([2H])c([2H])c([2H])c([2H])c3c(-c3ccc(-c4ccc5oc6ccccc6c5c4)c4ccccc34)c3c([2H])c([2H])c([2H])c([2H])c23)c1[2H]. The Bertz CT molecular complexity index is 4250. The summed E-state index contributed by atoms with van der Waals surface area (Å²) in [7, 11) is 0. The van der Waals surface area contributed by atoms with Gasteiger partial charge in [0.1, 0.15) is 11.2 Å². The van der Waals surface area contributed by atoms with Crippen molar-refractivity contribution in [2.24, 2.45) is 0 Å². The standard InChI is InChI=1S/C52H32O/c1-2-13-34-30-36(25-24-33(34)12-1)35-14-11-15-38(31-35)51-43-19-5-7-21-45(43)52(46-22-8-6-20-44(46)51)47-28-27-39(40-16-3-4-17-41(40)47)37-26-29-50-48(32-37)42-18-9-10-23-49(42)53-50/h1-32H/i1D,2D,5D,6D,7D,8D,11D,12D,13D,14D,15D,19D,20D,21D,22D,24D,25D,30D,31D. The number of fused-ring (bicyclic) bond motifs is 7. The van der Waals surface area contributed by atoms with Gasteiger partial charge in [-0.15, -0.1) is 0 Å². The maximum Gasteiger partial charge on any atom is 0.135 e. The van der Waals surface area contributed by atoms with E-state index in [9.17, 15) is 9.60 Å². The lowest BCUT2D eigenvalue weighted by atomic mass is 9.83. The van der Waals surface area contributed by atoms with Gasteiger partial charge in [-0.3, -0.25) is 0 Å². The van der Waals surface area contributed by atoms with E-state index in [1.54, 1.807) is 24.3 Å². The van der Waals surface area contributed by atoms with Gasteiger partial charge >= 0.3 is 0 Å². The van der Waals surface area contributed by atoms with Crippen LogP contribution in [0.2, 0.25) is 0 Å². The van der Waals surface area contributed by atoms with E-state index in [2.05, 4.69) is 0 Å². The Kier molecular flexibility index (Phi) is 3.69. The van der Waals surface area contributed by atoms with Gasteiger partial charge in [-0.05, 0) is 118 Å². The van der Waals surface area contributed by atoms with E-state index >= 15 is 0 Å². The maximum atomic E-state index is 9.86. The van der Waals surface area contributed by atoms with E-state index in [0.29, 0.717) is 27.5 Å². The molecular weight excluding hydrogens is 641 g/mol. The van der Waals surface area contributed by atoms with Crippen molar-refractivity contribution >= 4 is 65.0 Å². The predicted molar refractivity (Wildman–Crippen MR) is 225 cm³/mol. The molecule has 1 heteroatoms. The molecule has 53 heavy (non-hydrogen) atoms. The van der Waals surface area contributed by atoms with Crippen LogP contribution in [0.25, 0.3) is 110 Å². The van der Waals surface area contributed by atoms with Crippen LogP contribution in [-0.2, 0) is 0 Å². The Morgan fingerprint density at radius 3 is 1.70 bits per heavy atom. The maximum absolute atomic E-state index is 9.86. The topological polar surface area (TPSA) is 13.1 Å². The number of furan rings is 1. The van der Waals surface area contributed by atoms with Gasteiger partial charge in [-0.25, -0.2) is 0 Å². The summed E-state index contributed by atoms with van der Waals surface area (Å²) in [6, 6.07) is 9.33. The monoisotopic (exact) mass is 691 g/mol. The predicted octanol–water partition coefficient (Wildman–Crippen LogP) is 14.9. The molecule has 1 heterocycles. The first-order chi connectivity index (χ1) is 34.2. The lowest BCUT2D eigenvalue weighted by Crippen LogP contribution is -1.92. The molecule has 0 saturated heterocycles. The molecule has 246 valence electrons. The largest absolute Gasteiger partial charge is 0.456 e. The average Bonchev–Trinajstić information content (AvgIpc) is 3.75.